The van der Waals surface area contributed by atoms with Gasteiger partial charge in [-0.25, -0.2) is 0 Å². The zero-order chi connectivity index (χ0) is 15.7. The van der Waals surface area contributed by atoms with E-state index in [4.69, 9.17) is 4.74 Å². The van der Waals surface area contributed by atoms with Crippen LogP contribution in [0.15, 0.2) is 24.3 Å². The van der Waals surface area contributed by atoms with E-state index in [1.54, 1.807) is 4.90 Å². The fourth-order valence-electron chi connectivity index (χ4n) is 1.85. The molecule has 0 radical (unpaired) electrons. The Bertz CT molecular complexity index is 456. The number of amides is 1. The number of carbonyl (C=O) groups is 2. The van der Waals surface area contributed by atoms with E-state index in [1.165, 1.54) is 12.7 Å². The average Bonchev–Trinajstić information content (AvgIpc) is 2.53. The van der Waals surface area contributed by atoms with Crippen LogP contribution in [0.5, 0.6) is 5.75 Å². The maximum absolute atomic E-state index is 12.0. The van der Waals surface area contributed by atoms with Crippen molar-refractivity contribution >= 4 is 11.9 Å². The summed E-state index contributed by atoms with van der Waals surface area (Å²) in [6, 6.07) is 7.68. The molecule has 0 aliphatic rings. The summed E-state index contributed by atoms with van der Waals surface area (Å²) in [5.41, 5.74) is 1.22. The minimum Gasteiger partial charge on any atom is -0.484 e. The zero-order valence-electron chi connectivity index (χ0n) is 12.9. The summed E-state index contributed by atoms with van der Waals surface area (Å²) >= 11 is 0. The zero-order valence-corrected chi connectivity index (χ0v) is 12.9. The molecule has 0 bridgehead atoms. The molecule has 0 N–H and O–H groups in total. The van der Waals surface area contributed by atoms with Crippen LogP contribution in [0.2, 0.25) is 0 Å². The Balaban J connectivity index is 2.44. The lowest BCUT2D eigenvalue weighted by Crippen LogP contribution is -2.36. The average molecular weight is 293 g/mol. The molecule has 0 aliphatic heterocycles. The first kappa shape index (κ1) is 17.0. The van der Waals surface area contributed by atoms with Crippen molar-refractivity contribution in [3.63, 3.8) is 0 Å². The van der Waals surface area contributed by atoms with Crippen molar-refractivity contribution in [3.05, 3.63) is 29.8 Å². The second-order valence-corrected chi connectivity index (χ2v) is 4.59. The highest BCUT2D eigenvalue weighted by molar-refractivity contribution is 5.78. The van der Waals surface area contributed by atoms with Crippen LogP contribution in [0.25, 0.3) is 0 Å². The van der Waals surface area contributed by atoms with Crippen molar-refractivity contribution < 1.29 is 19.1 Å². The predicted molar refractivity (Wildman–Crippen MR) is 80.2 cm³/mol. The summed E-state index contributed by atoms with van der Waals surface area (Å²) in [5.74, 6) is 0.211. The second-order valence-electron chi connectivity index (χ2n) is 4.59. The Morgan fingerprint density at radius 2 is 1.81 bits per heavy atom. The molecule has 0 aliphatic carbocycles. The quantitative estimate of drug-likeness (QED) is 0.688. The third-order valence-electron chi connectivity index (χ3n) is 3.24. The lowest BCUT2D eigenvalue weighted by atomic mass is 10.2. The Hall–Kier alpha value is -2.04. The molecule has 0 saturated heterocycles. The molecule has 1 aromatic carbocycles. The van der Waals surface area contributed by atoms with Crippen molar-refractivity contribution in [1.29, 1.82) is 0 Å². The van der Waals surface area contributed by atoms with Crippen LogP contribution in [0, 0.1) is 0 Å². The lowest BCUT2D eigenvalue weighted by Gasteiger charge is -2.20. The first-order chi connectivity index (χ1) is 10.1. The monoisotopic (exact) mass is 293 g/mol. The number of methoxy groups -OCH3 is 1. The number of rotatable bonds is 8. The van der Waals surface area contributed by atoms with Gasteiger partial charge in [-0.3, -0.25) is 9.59 Å². The smallest absolute Gasteiger partial charge is 0.307 e. The Morgan fingerprint density at radius 3 is 2.33 bits per heavy atom. The van der Waals surface area contributed by atoms with Gasteiger partial charge in [0.15, 0.2) is 6.61 Å². The molecule has 116 valence electrons. The van der Waals surface area contributed by atoms with E-state index in [-0.39, 0.29) is 24.9 Å². The highest BCUT2D eigenvalue weighted by Gasteiger charge is 2.14. The second kappa shape index (κ2) is 9.00. The summed E-state index contributed by atoms with van der Waals surface area (Å²) < 4.78 is 10.0. The van der Waals surface area contributed by atoms with Crippen molar-refractivity contribution in [2.75, 3.05) is 26.8 Å². The molecule has 0 fully saturated rings. The number of likely N-dealkylation sites (N-methyl/N-ethyl adjacent to an activating group) is 1. The number of aryl methyl sites for hydroxylation is 1. The van der Waals surface area contributed by atoms with E-state index < -0.39 is 0 Å². The molecular formula is C16H23NO4. The van der Waals surface area contributed by atoms with Gasteiger partial charge in [-0.1, -0.05) is 19.1 Å². The van der Waals surface area contributed by atoms with Gasteiger partial charge in [-0.05, 0) is 31.0 Å². The Kier molecular flexibility index (Phi) is 7.29. The minimum atomic E-state index is -0.322. The summed E-state index contributed by atoms with van der Waals surface area (Å²) in [6.07, 6.45) is 1.16. The van der Waals surface area contributed by atoms with E-state index >= 15 is 0 Å². The van der Waals surface area contributed by atoms with Crippen LogP contribution in [0.4, 0.5) is 0 Å². The van der Waals surface area contributed by atoms with Crippen molar-refractivity contribution in [1.82, 2.24) is 4.90 Å². The maximum Gasteiger partial charge on any atom is 0.307 e. The van der Waals surface area contributed by atoms with E-state index in [9.17, 15) is 9.59 Å². The predicted octanol–water partition coefficient (Wildman–Crippen LogP) is 2.04. The summed E-state index contributed by atoms with van der Waals surface area (Å²) in [7, 11) is 1.34. The van der Waals surface area contributed by atoms with Crippen LogP contribution in [-0.4, -0.2) is 43.6 Å². The van der Waals surface area contributed by atoms with Gasteiger partial charge < -0.3 is 14.4 Å². The molecule has 0 unspecified atom stereocenters. The lowest BCUT2D eigenvalue weighted by molar-refractivity contribution is -0.142. The molecule has 5 nitrogen and oxygen atoms in total. The third-order valence-corrected chi connectivity index (χ3v) is 3.24. The van der Waals surface area contributed by atoms with E-state index in [1.807, 2.05) is 31.2 Å². The van der Waals surface area contributed by atoms with Crippen LogP contribution in [0.1, 0.15) is 25.8 Å². The molecule has 0 heterocycles. The third kappa shape index (κ3) is 5.85. The fourth-order valence-corrected chi connectivity index (χ4v) is 1.85. The van der Waals surface area contributed by atoms with E-state index in [0.29, 0.717) is 18.8 Å². The molecule has 21 heavy (non-hydrogen) atoms. The molecule has 1 rings (SSSR count). The maximum atomic E-state index is 12.0. The molecule has 5 heteroatoms. The van der Waals surface area contributed by atoms with Gasteiger partial charge in [0.1, 0.15) is 5.75 Å². The Morgan fingerprint density at radius 1 is 1.14 bits per heavy atom. The first-order valence-electron chi connectivity index (χ1n) is 7.17. The van der Waals surface area contributed by atoms with Gasteiger partial charge in [-0.15, -0.1) is 0 Å². The molecule has 0 saturated carbocycles. The number of hydrogen-bond acceptors (Lipinski definition) is 4. The van der Waals surface area contributed by atoms with Crippen LogP contribution >= 0.6 is 0 Å². The van der Waals surface area contributed by atoms with Gasteiger partial charge in [0, 0.05) is 13.1 Å². The van der Waals surface area contributed by atoms with Gasteiger partial charge in [-0.2, -0.15) is 0 Å². The standard InChI is InChI=1S/C16H23NO4/c1-4-13-6-8-14(9-7-13)21-12-15(18)17(5-2)11-10-16(19)20-3/h6-9H,4-5,10-12H2,1-3H3. The summed E-state index contributed by atoms with van der Waals surface area (Å²) in [6.45, 7) is 4.81. The van der Waals surface area contributed by atoms with Gasteiger partial charge in [0.2, 0.25) is 0 Å². The highest BCUT2D eigenvalue weighted by atomic mass is 16.5. The molecule has 0 spiro atoms. The number of esters is 1. The first-order valence-corrected chi connectivity index (χ1v) is 7.17. The highest BCUT2D eigenvalue weighted by Crippen LogP contribution is 2.12. The van der Waals surface area contributed by atoms with Crippen LogP contribution < -0.4 is 4.74 Å². The van der Waals surface area contributed by atoms with Crippen LogP contribution in [-0.2, 0) is 20.7 Å². The van der Waals surface area contributed by atoms with Crippen molar-refractivity contribution in [3.8, 4) is 5.75 Å². The summed E-state index contributed by atoms with van der Waals surface area (Å²) in [4.78, 5) is 24.7. The fraction of sp³-hybridized carbons (Fsp3) is 0.500. The summed E-state index contributed by atoms with van der Waals surface area (Å²) in [5, 5.41) is 0. The Labute approximate surface area is 125 Å². The minimum absolute atomic E-state index is 0.0273. The molecule has 0 aromatic heterocycles. The van der Waals surface area contributed by atoms with E-state index in [0.717, 1.165) is 6.42 Å². The molecule has 0 atom stereocenters. The van der Waals surface area contributed by atoms with Gasteiger partial charge in [0.25, 0.3) is 5.91 Å². The van der Waals surface area contributed by atoms with Crippen molar-refractivity contribution in [2.45, 2.75) is 26.7 Å². The van der Waals surface area contributed by atoms with Crippen LogP contribution in [0.3, 0.4) is 0 Å². The normalized spacial score (nSPS) is 10.0. The number of nitrogens with zero attached hydrogens (tertiary/aromatic N) is 1. The van der Waals surface area contributed by atoms with Gasteiger partial charge >= 0.3 is 5.97 Å². The SMILES string of the molecule is CCc1ccc(OCC(=O)N(CC)CCC(=O)OC)cc1. The number of ether oxygens (including phenoxy) is 2. The van der Waals surface area contributed by atoms with Crippen molar-refractivity contribution in [2.24, 2.45) is 0 Å². The van der Waals surface area contributed by atoms with E-state index in [2.05, 4.69) is 11.7 Å². The number of benzene rings is 1. The topological polar surface area (TPSA) is 55.8 Å². The molecular weight excluding hydrogens is 270 g/mol. The number of hydrogen-bond donors (Lipinski definition) is 0. The molecule has 1 amide bonds. The molecule has 1 aromatic rings. The number of carbonyl (C=O) groups excluding carboxylic acids is 2. The van der Waals surface area contributed by atoms with Gasteiger partial charge in [0.05, 0.1) is 13.5 Å². The largest absolute Gasteiger partial charge is 0.484 e.